The summed E-state index contributed by atoms with van der Waals surface area (Å²) in [6, 6.07) is 3.33. The first-order valence-electron chi connectivity index (χ1n) is 8.81. The van der Waals surface area contributed by atoms with Gasteiger partial charge in [0, 0.05) is 48.6 Å². The molecule has 0 bridgehead atoms. The maximum absolute atomic E-state index is 13.9. The first kappa shape index (κ1) is 18.2. The zero-order chi connectivity index (χ0) is 20.1. The van der Waals surface area contributed by atoms with Crippen LogP contribution in [0.4, 0.5) is 14.6 Å². The smallest absolute Gasteiger partial charge is 0.258 e. The summed E-state index contributed by atoms with van der Waals surface area (Å²) in [7, 11) is 1.62. The highest BCUT2D eigenvalue weighted by atomic mass is 19.1. The van der Waals surface area contributed by atoms with E-state index in [2.05, 4.69) is 15.3 Å². The van der Waals surface area contributed by atoms with Gasteiger partial charge in [0.25, 0.3) is 5.56 Å². The monoisotopic (exact) mass is 384 g/mol. The number of halogens is 2. The molecule has 1 saturated carbocycles. The Labute approximate surface area is 159 Å². The predicted molar refractivity (Wildman–Crippen MR) is 101 cm³/mol. The van der Waals surface area contributed by atoms with E-state index < -0.39 is 17.4 Å². The van der Waals surface area contributed by atoms with Gasteiger partial charge in [0.05, 0.1) is 17.1 Å². The molecule has 0 spiro atoms. The third-order valence-electron chi connectivity index (χ3n) is 5.41. The van der Waals surface area contributed by atoms with Crippen molar-refractivity contribution in [2.24, 2.45) is 12.5 Å². The van der Waals surface area contributed by atoms with Gasteiger partial charge in [-0.25, -0.2) is 13.8 Å². The zero-order valence-electron chi connectivity index (χ0n) is 15.4. The van der Waals surface area contributed by atoms with Gasteiger partial charge in [0.2, 0.25) is 0 Å². The first-order valence-corrected chi connectivity index (χ1v) is 8.81. The van der Waals surface area contributed by atoms with Gasteiger partial charge in [0.15, 0.2) is 0 Å². The minimum atomic E-state index is -1.13. The van der Waals surface area contributed by atoms with Crippen LogP contribution < -0.4 is 10.9 Å². The Kier molecular flexibility index (Phi) is 4.21. The summed E-state index contributed by atoms with van der Waals surface area (Å²) < 4.78 is 28.7. The molecule has 0 radical (unpaired) electrons. The Morgan fingerprint density at radius 1 is 1.32 bits per heavy atom. The molecule has 1 N–H and O–H groups in total. The van der Waals surface area contributed by atoms with Crippen molar-refractivity contribution in [1.29, 1.82) is 0 Å². The fourth-order valence-corrected chi connectivity index (χ4v) is 3.30. The Bertz CT molecular complexity index is 1160. The number of hydrogen-bond donors (Lipinski definition) is 1. The minimum Gasteiger partial charge on any atom is -0.369 e. The van der Waals surface area contributed by atoms with Gasteiger partial charge in [-0.15, -0.1) is 0 Å². The second kappa shape index (κ2) is 6.47. The highest BCUT2D eigenvalue weighted by Gasteiger charge is 2.55. The predicted octanol–water partition coefficient (Wildman–Crippen LogP) is 2.78. The van der Waals surface area contributed by atoms with Gasteiger partial charge in [0.1, 0.15) is 24.1 Å². The summed E-state index contributed by atoms with van der Waals surface area (Å²) in [5, 5.41) is 3.66. The summed E-state index contributed by atoms with van der Waals surface area (Å²) in [5.41, 5.74) is 0.452. The number of nitrogens with one attached hydrogen (secondary N) is 1. The number of pyridine rings is 3. The number of anilines is 1. The van der Waals surface area contributed by atoms with E-state index in [4.69, 9.17) is 0 Å². The van der Waals surface area contributed by atoms with Crippen LogP contribution in [0.2, 0.25) is 0 Å². The highest BCUT2D eigenvalue weighted by Crippen LogP contribution is 2.46. The second-order valence-electron chi connectivity index (χ2n) is 7.22. The highest BCUT2D eigenvalue weighted by molar-refractivity contribution is 5.85. The Hall–Kier alpha value is -3.16. The van der Waals surface area contributed by atoms with Gasteiger partial charge in [-0.3, -0.25) is 9.78 Å². The maximum Gasteiger partial charge on any atom is 0.258 e. The van der Waals surface area contributed by atoms with Crippen molar-refractivity contribution >= 4 is 23.0 Å². The average molecular weight is 384 g/mol. The van der Waals surface area contributed by atoms with E-state index in [1.165, 1.54) is 10.8 Å². The van der Waals surface area contributed by atoms with Crippen LogP contribution >= 0.6 is 0 Å². The van der Waals surface area contributed by atoms with Crippen molar-refractivity contribution in [1.82, 2.24) is 14.5 Å². The Morgan fingerprint density at radius 3 is 2.75 bits per heavy atom. The molecule has 0 aliphatic heterocycles. The zero-order valence-corrected chi connectivity index (χ0v) is 15.4. The van der Waals surface area contributed by atoms with E-state index in [1.54, 1.807) is 32.3 Å². The number of hydrogen-bond acceptors (Lipinski definition) is 5. The van der Waals surface area contributed by atoms with Crippen LogP contribution in [0.25, 0.3) is 22.0 Å². The number of fused-ring (bicyclic) bond motifs is 1. The molecule has 3 heterocycles. The molecule has 0 aromatic carbocycles. The molecule has 4 rings (SSSR count). The number of aldehydes is 1. The molecule has 3 aromatic rings. The minimum absolute atomic E-state index is 0.149. The first-order chi connectivity index (χ1) is 13.4. The van der Waals surface area contributed by atoms with E-state index in [0.29, 0.717) is 39.7 Å². The molecule has 1 aliphatic carbocycles. The van der Waals surface area contributed by atoms with E-state index in [0.717, 1.165) is 6.20 Å². The van der Waals surface area contributed by atoms with E-state index in [-0.39, 0.29) is 18.5 Å². The SMILES string of the molecule is Cc1c(F)cncc1-c1cc2cnc(NCC3(C=O)CC3F)cc2n(C)c1=O. The lowest BCUT2D eigenvalue weighted by atomic mass is 10.0. The maximum atomic E-state index is 13.9. The van der Waals surface area contributed by atoms with Crippen molar-refractivity contribution in [3.63, 3.8) is 0 Å². The van der Waals surface area contributed by atoms with Gasteiger partial charge in [-0.2, -0.15) is 0 Å². The standard InChI is InChI=1S/C20H18F2N4O2/c1-11-14(7-23-8-15(11)21)13-3-12-6-24-18(4-16(12)26(2)19(13)28)25-9-20(10-27)5-17(20)22/h3-4,6-8,10,17H,5,9H2,1-2H3,(H,24,25). The molecular weight excluding hydrogens is 366 g/mol. The molecule has 144 valence electrons. The molecule has 0 saturated heterocycles. The summed E-state index contributed by atoms with van der Waals surface area (Å²) in [6.07, 6.45) is 3.87. The van der Waals surface area contributed by atoms with Crippen LogP contribution in [-0.2, 0) is 11.8 Å². The molecule has 2 atom stereocenters. The van der Waals surface area contributed by atoms with Crippen LogP contribution in [-0.4, -0.2) is 33.5 Å². The van der Waals surface area contributed by atoms with Gasteiger partial charge in [-0.1, -0.05) is 0 Å². The molecular formula is C20H18F2N4O2. The van der Waals surface area contributed by atoms with Crippen LogP contribution in [0, 0.1) is 18.2 Å². The quantitative estimate of drug-likeness (QED) is 0.685. The number of aromatic nitrogens is 3. The van der Waals surface area contributed by atoms with Crippen LogP contribution in [0.1, 0.15) is 12.0 Å². The molecule has 0 amide bonds. The fourth-order valence-electron chi connectivity index (χ4n) is 3.30. The van der Waals surface area contributed by atoms with Crippen molar-refractivity contribution in [3.8, 4) is 11.1 Å². The number of nitrogens with zero attached hydrogens (tertiary/aromatic N) is 3. The Balaban J connectivity index is 1.73. The normalized spacial score (nSPS) is 20.9. The van der Waals surface area contributed by atoms with Gasteiger partial charge >= 0.3 is 0 Å². The number of alkyl halides is 1. The number of carbonyl (C=O) groups is 1. The molecule has 1 fully saturated rings. The molecule has 1 aliphatic rings. The molecule has 3 aromatic heterocycles. The Morgan fingerprint density at radius 2 is 2.07 bits per heavy atom. The van der Waals surface area contributed by atoms with E-state index in [1.807, 2.05) is 0 Å². The van der Waals surface area contributed by atoms with E-state index >= 15 is 0 Å². The largest absolute Gasteiger partial charge is 0.369 e. The molecule has 8 heteroatoms. The average Bonchev–Trinajstić information content (AvgIpc) is 3.35. The number of carbonyl (C=O) groups excluding carboxylic acids is 1. The number of rotatable bonds is 5. The van der Waals surface area contributed by atoms with Crippen molar-refractivity contribution in [2.45, 2.75) is 19.5 Å². The molecule has 28 heavy (non-hydrogen) atoms. The van der Waals surface area contributed by atoms with Crippen molar-refractivity contribution in [3.05, 3.63) is 52.5 Å². The molecule has 6 nitrogen and oxygen atoms in total. The van der Waals surface area contributed by atoms with Crippen molar-refractivity contribution < 1.29 is 13.6 Å². The van der Waals surface area contributed by atoms with Crippen LogP contribution in [0.3, 0.4) is 0 Å². The lowest BCUT2D eigenvalue weighted by Crippen LogP contribution is -2.21. The lowest BCUT2D eigenvalue weighted by molar-refractivity contribution is -0.112. The topological polar surface area (TPSA) is 76.9 Å². The van der Waals surface area contributed by atoms with Gasteiger partial charge in [-0.05, 0) is 25.0 Å². The second-order valence-corrected chi connectivity index (χ2v) is 7.22. The summed E-state index contributed by atoms with van der Waals surface area (Å²) >= 11 is 0. The summed E-state index contributed by atoms with van der Waals surface area (Å²) in [4.78, 5) is 32.1. The van der Waals surface area contributed by atoms with Crippen LogP contribution in [0.5, 0.6) is 0 Å². The third-order valence-corrected chi connectivity index (χ3v) is 5.41. The summed E-state index contributed by atoms with van der Waals surface area (Å²) in [6.45, 7) is 1.75. The fraction of sp³-hybridized carbons (Fsp3) is 0.300. The van der Waals surface area contributed by atoms with Gasteiger partial charge < -0.3 is 14.7 Å². The van der Waals surface area contributed by atoms with Crippen LogP contribution in [0.15, 0.2) is 35.5 Å². The summed E-state index contributed by atoms with van der Waals surface area (Å²) in [5.74, 6) is -0.0353. The third kappa shape index (κ3) is 2.85. The lowest BCUT2D eigenvalue weighted by Gasteiger charge is -2.13. The molecule has 2 unspecified atom stereocenters. The van der Waals surface area contributed by atoms with E-state index in [9.17, 15) is 18.4 Å². The van der Waals surface area contributed by atoms with Crippen molar-refractivity contribution in [2.75, 3.05) is 11.9 Å². The number of aryl methyl sites for hydroxylation is 1.